The van der Waals surface area contributed by atoms with Gasteiger partial charge in [0.25, 0.3) is 5.89 Å². The summed E-state index contributed by atoms with van der Waals surface area (Å²) in [6.45, 7) is 2.22. The molecule has 0 bridgehead atoms. The van der Waals surface area contributed by atoms with Gasteiger partial charge < -0.3 is 14.9 Å². The molecule has 2 N–H and O–H groups in total. The van der Waals surface area contributed by atoms with Crippen molar-refractivity contribution in [1.82, 2.24) is 10.2 Å². The summed E-state index contributed by atoms with van der Waals surface area (Å²) >= 11 is 0. The Kier molecular flexibility index (Phi) is 3.55. The number of aryl methyl sites for hydroxylation is 1. The van der Waals surface area contributed by atoms with Gasteiger partial charge in [-0.3, -0.25) is 0 Å². The van der Waals surface area contributed by atoms with Crippen molar-refractivity contribution in [2.75, 3.05) is 5.73 Å². The van der Waals surface area contributed by atoms with E-state index in [9.17, 15) is 0 Å². The number of hydrogen-bond acceptors (Lipinski definition) is 5. The Hall–Kier alpha value is -2.82. The normalized spacial score (nSPS) is 10.5. The quantitative estimate of drug-likeness (QED) is 0.743. The number of hydrogen-bond donors (Lipinski definition) is 1. The molecule has 5 heteroatoms. The summed E-state index contributed by atoms with van der Waals surface area (Å²) < 4.78 is 11.2. The van der Waals surface area contributed by atoms with E-state index in [1.807, 2.05) is 43.3 Å². The minimum absolute atomic E-state index is 0.188. The molecular weight excluding hydrogens is 266 g/mol. The molecule has 0 atom stereocenters. The van der Waals surface area contributed by atoms with Gasteiger partial charge >= 0.3 is 0 Å². The fourth-order valence-corrected chi connectivity index (χ4v) is 1.88. The van der Waals surface area contributed by atoms with Crippen LogP contribution in [0.5, 0.6) is 5.75 Å². The topological polar surface area (TPSA) is 74.2 Å². The fraction of sp³-hybridized carbons (Fsp3) is 0.125. The average Bonchev–Trinajstić information content (AvgIpc) is 2.96. The van der Waals surface area contributed by atoms with E-state index in [-0.39, 0.29) is 6.61 Å². The average molecular weight is 281 g/mol. The third kappa shape index (κ3) is 3.02. The highest BCUT2D eigenvalue weighted by atomic mass is 16.5. The molecule has 1 heterocycles. The highest BCUT2D eigenvalue weighted by molar-refractivity contribution is 5.53. The number of rotatable bonds is 4. The van der Waals surface area contributed by atoms with Crippen LogP contribution in [0.15, 0.2) is 52.9 Å². The number of nitrogens with two attached hydrogens (primary N) is 1. The van der Waals surface area contributed by atoms with Gasteiger partial charge in [-0.15, -0.1) is 10.2 Å². The van der Waals surface area contributed by atoms with Crippen molar-refractivity contribution >= 4 is 5.69 Å². The molecule has 0 amide bonds. The summed E-state index contributed by atoms with van der Waals surface area (Å²) in [5, 5.41) is 8.00. The minimum atomic E-state index is 0.188. The lowest BCUT2D eigenvalue weighted by molar-refractivity contribution is 0.266. The van der Waals surface area contributed by atoms with Crippen LogP contribution in [0.4, 0.5) is 5.69 Å². The third-order valence-electron chi connectivity index (χ3n) is 3.04. The molecule has 0 saturated carbocycles. The molecule has 0 aliphatic heterocycles. The van der Waals surface area contributed by atoms with Crippen LogP contribution in [0.2, 0.25) is 0 Å². The largest absolute Gasteiger partial charge is 0.482 e. The number of aromatic nitrogens is 2. The first-order valence-electron chi connectivity index (χ1n) is 6.59. The molecule has 3 aromatic rings. The lowest BCUT2D eigenvalue weighted by atomic mass is 10.1. The zero-order valence-electron chi connectivity index (χ0n) is 11.6. The van der Waals surface area contributed by atoms with Crippen molar-refractivity contribution in [3.05, 3.63) is 60.0 Å². The molecule has 0 saturated heterocycles. The van der Waals surface area contributed by atoms with Gasteiger partial charge in [-0.2, -0.15) is 0 Å². The molecule has 0 fully saturated rings. The molecule has 2 aromatic carbocycles. The zero-order valence-corrected chi connectivity index (χ0v) is 11.6. The Balaban J connectivity index is 1.71. The molecule has 0 spiro atoms. The molecule has 0 unspecified atom stereocenters. The van der Waals surface area contributed by atoms with Gasteiger partial charge in [0.2, 0.25) is 5.89 Å². The second-order valence-electron chi connectivity index (χ2n) is 4.69. The SMILES string of the molecule is Cc1ccc(-c2nnc(COc3ccccc3N)o2)cc1. The summed E-state index contributed by atoms with van der Waals surface area (Å²) in [6, 6.07) is 15.2. The van der Waals surface area contributed by atoms with Crippen LogP contribution in [-0.2, 0) is 6.61 Å². The van der Waals surface area contributed by atoms with Crippen molar-refractivity contribution in [2.24, 2.45) is 0 Å². The van der Waals surface area contributed by atoms with Crippen LogP contribution in [0.3, 0.4) is 0 Å². The van der Waals surface area contributed by atoms with Gasteiger partial charge in [0.15, 0.2) is 6.61 Å². The predicted octanol–water partition coefficient (Wildman–Crippen LogP) is 3.21. The Morgan fingerprint density at radius 2 is 1.81 bits per heavy atom. The maximum Gasteiger partial charge on any atom is 0.254 e. The lowest BCUT2D eigenvalue weighted by Crippen LogP contribution is -1.98. The lowest BCUT2D eigenvalue weighted by Gasteiger charge is -2.05. The van der Waals surface area contributed by atoms with E-state index in [4.69, 9.17) is 14.9 Å². The maximum absolute atomic E-state index is 5.80. The fourth-order valence-electron chi connectivity index (χ4n) is 1.88. The summed E-state index contributed by atoms with van der Waals surface area (Å²) in [6.07, 6.45) is 0. The molecular formula is C16H15N3O2. The van der Waals surface area contributed by atoms with E-state index < -0.39 is 0 Å². The summed E-state index contributed by atoms with van der Waals surface area (Å²) in [7, 11) is 0. The molecule has 1 aromatic heterocycles. The van der Waals surface area contributed by atoms with E-state index in [0.717, 1.165) is 5.56 Å². The van der Waals surface area contributed by atoms with Crippen molar-refractivity contribution in [1.29, 1.82) is 0 Å². The van der Waals surface area contributed by atoms with Gasteiger partial charge in [-0.05, 0) is 31.2 Å². The summed E-state index contributed by atoms with van der Waals surface area (Å²) in [5.41, 5.74) is 8.45. The number of benzene rings is 2. The van der Waals surface area contributed by atoms with Gasteiger partial charge in [-0.1, -0.05) is 29.8 Å². The van der Waals surface area contributed by atoms with E-state index in [1.54, 1.807) is 12.1 Å². The molecule has 0 aliphatic rings. The van der Waals surface area contributed by atoms with Crippen molar-refractivity contribution in [3.8, 4) is 17.2 Å². The van der Waals surface area contributed by atoms with Crippen molar-refractivity contribution in [3.63, 3.8) is 0 Å². The highest BCUT2D eigenvalue weighted by Gasteiger charge is 2.09. The maximum atomic E-state index is 5.80. The number of nitrogens with zero attached hydrogens (tertiary/aromatic N) is 2. The van der Waals surface area contributed by atoms with Gasteiger partial charge in [-0.25, -0.2) is 0 Å². The molecule has 5 nitrogen and oxygen atoms in total. The zero-order chi connectivity index (χ0) is 14.7. The van der Waals surface area contributed by atoms with Crippen LogP contribution < -0.4 is 10.5 Å². The molecule has 21 heavy (non-hydrogen) atoms. The number of nitrogen functional groups attached to an aromatic ring is 1. The Labute approximate surface area is 122 Å². The van der Waals surface area contributed by atoms with Gasteiger partial charge in [0.1, 0.15) is 5.75 Å². The van der Waals surface area contributed by atoms with Crippen LogP contribution >= 0.6 is 0 Å². The summed E-state index contributed by atoms with van der Waals surface area (Å²) in [4.78, 5) is 0. The van der Waals surface area contributed by atoms with E-state index in [0.29, 0.717) is 23.2 Å². The first-order chi connectivity index (χ1) is 10.2. The molecule has 3 rings (SSSR count). The Bertz CT molecular complexity index is 735. The van der Waals surface area contributed by atoms with Crippen molar-refractivity contribution in [2.45, 2.75) is 13.5 Å². The summed E-state index contributed by atoms with van der Waals surface area (Å²) in [5.74, 6) is 1.50. The first-order valence-corrected chi connectivity index (χ1v) is 6.59. The van der Waals surface area contributed by atoms with Crippen LogP contribution in [-0.4, -0.2) is 10.2 Å². The standard InChI is InChI=1S/C16H15N3O2/c1-11-6-8-12(9-7-11)16-19-18-15(21-16)10-20-14-5-3-2-4-13(14)17/h2-9H,10,17H2,1H3. The molecule has 106 valence electrons. The smallest absolute Gasteiger partial charge is 0.254 e. The highest BCUT2D eigenvalue weighted by Crippen LogP contribution is 2.22. The van der Waals surface area contributed by atoms with Crippen molar-refractivity contribution < 1.29 is 9.15 Å². The Morgan fingerprint density at radius 1 is 1.05 bits per heavy atom. The Morgan fingerprint density at radius 3 is 2.57 bits per heavy atom. The van der Waals surface area contributed by atoms with Gasteiger partial charge in [0.05, 0.1) is 5.69 Å². The number of para-hydroxylation sites is 2. The second-order valence-corrected chi connectivity index (χ2v) is 4.69. The van der Waals surface area contributed by atoms with Crippen LogP contribution in [0.1, 0.15) is 11.5 Å². The second kappa shape index (κ2) is 5.66. The molecule has 0 aliphatic carbocycles. The van der Waals surface area contributed by atoms with E-state index >= 15 is 0 Å². The van der Waals surface area contributed by atoms with Gasteiger partial charge in [0, 0.05) is 5.56 Å². The number of anilines is 1. The first kappa shape index (κ1) is 13.2. The minimum Gasteiger partial charge on any atom is -0.482 e. The van der Waals surface area contributed by atoms with E-state index in [1.165, 1.54) is 5.56 Å². The predicted molar refractivity (Wildman–Crippen MR) is 79.7 cm³/mol. The van der Waals surface area contributed by atoms with Crippen LogP contribution in [0, 0.1) is 6.92 Å². The monoisotopic (exact) mass is 281 g/mol. The third-order valence-corrected chi connectivity index (χ3v) is 3.04. The number of ether oxygens (including phenoxy) is 1. The van der Waals surface area contributed by atoms with Crippen LogP contribution in [0.25, 0.3) is 11.5 Å². The molecule has 0 radical (unpaired) electrons. The van der Waals surface area contributed by atoms with E-state index in [2.05, 4.69) is 10.2 Å².